The first-order valence-corrected chi connectivity index (χ1v) is 13.7. The zero-order valence-corrected chi connectivity index (χ0v) is 24.0. The van der Waals surface area contributed by atoms with Crippen LogP contribution in [0, 0.1) is 11.8 Å². The molecule has 0 saturated carbocycles. The first-order valence-electron chi connectivity index (χ1n) is 13.7. The molecule has 2 rings (SSSR count). The monoisotopic (exact) mass is 555 g/mol. The fraction of sp³-hybridized carbons (Fsp3) is 0.484. The number of ether oxygens (including phenoxy) is 3. The average Bonchev–Trinajstić information content (AvgIpc) is 2.90. The average molecular weight is 556 g/mol. The molecule has 0 saturated heterocycles. The lowest BCUT2D eigenvalue weighted by Gasteiger charge is -2.19. The normalized spacial score (nSPS) is 12.6. The minimum Gasteiger partial charge on any atom is -0.480 e. The van der Waals surface area contributed by atoms with Crippen LogP contribution in [0.15, 0.2) is 48.5 Å². The van der Waals surface area contributed by atoms with Crippen LogP contribution < -0.4 is 14.8 Å². The van der Waals surface area contributed by atoms with Crippen molar-refractivity contribution in [3.63, 3.8) is 0 Å². The first-order chi connectivity index (χ1) is 18.9. The summed E-state index contributed by atoms with van der Waals surface area (Å²) >= 11 is 0. The van der Waals surface area contributed by atoms with Gasteiger partial charge in [-0.1, -0.05) is 52.0 Å². The minimum atomic E-state index is -1.10. The van der Waals surface area contributed by atoms with E-state index in [0.717, 1.165) is 0 Å². The molecule has 0 radical (unpaired) electrons. The first kappa shape index (κ1) is 32.5. The second kappa shape index (κ2) is 16.4. The van der Waals surface area contributed by atoms with Crippen molar-refractivity contribution < 1.29 is 38.5 Å². The van der Waals surface area contributed by atoms with Crippen molar-refractivity contribution in [3.05, 3.63) is 59.7 Å². The Morgan fingerprint density at radius 1 is 0.800 bits per heavy atom. The third kappa shape index (κ3) is 12.0. The molecule has 2 N–H and O–H groups in total. The summed E-state index contributed by atoms with van der Waals surface area (Å²) < 4.78 is 16.4. The van der Waals surface area contributed by atoms with Crippen LogP contribution in [0.2, 0.25) is 0 Å². The Balaban J connectivity index is 2.11. The van der Waals surface area contributed by atoms with Gasteiger partial charge in [0, 0.05) is 19.4 Å². The van der Waals surface area contributed by atoms with Gasteiger partial charge < -0.3 is 24.6 Å². The Hall–Kier alpha value is -3.72. The Bertz CT molecular complexity index is 1130. The highest BCUT2D eigenvalue weighted by Gasteiger charge is 2.22. The molecule has 1 unspecified atom stereocenters. The Morgan fingerprint density at radius 3 is 1.93 bits per heavy atom. The quantitative estimate of drug-likeness (QED) is 0.212. The highest BCUT2D eigenvalue weighted by molar-refractivity contribution is 5.89. The van der Waals surface area contributed by atoms with Gasteiger partial charge >= 0.3 is 23.9 Å². The molecule has 2 aromatic rings. The van der Waals surface area contributed by atoms with Crippen LogP contribution in [0.3, 0.4) is 0 Å². The van der Waals surface area contributed by atoms with E-state index in [-0.39, 0.29) is 37.3 Å². The summed E-state index contributed by atoms with van der Waals surface area (Å²) in [5, 5.41) is 12.7. The number of carbonyl (C=O) groups excluding carboxylic acids is 3. The van der Waals surface area contributed by atoms with Gasteiger partial charge in [0.05, 0.1) is 5.56 Å². The molecular weight excluding hydrogens is 514 g/mol. The molecule has 0 aliphatic carbocycles. The molecule has 2 aromatic carbocycles. The maximum absolute atomic E-state index is 12.5. The van der Waals surface area contributed by atoms with Crippen LogP contribution in [0.4, 0.5) is 0 Å². The molecule has 9 heteroatoms. The van der Waals surface area contributed by atoms with Crippen LogP contribution in [-0.4, -0.2) is 47.7 Å². The van der Waals surface area contributed by atoms with Crippen molar-refractivity contribution in [1.82, 2.24) is 5.32 Å². The zero-order chi connectivity index (χ0) is 29.7. The van der Waals surface area contributed by atoms with Crippen LogP contribution in [0.1, 0.15) is 76.2 Å². The lowest BCUT2D eigenvalue weighted by Crippen LogP contribution is -2.42. The third-order valence-electron chi connectivity index (χ3n) is 6.01. The number of hydrogen-bond acceptors (Lipinski definition) is 8. The Labute approximate surface area is 236 Å². The molecular formula is C31H41NO8. The molecule has 0 heterocycles. The van der Waals surface area contributed by atoms with Gasteiger partial charge in [0.25, 0.3) is 0 Å². The van der Waals surface area contributed by atoms with Crippen molar-refractivity contribution >= 4 is 23.9 Å². The second-order valence-electron chi connectivity index (χ2n) is 10.7. The number of carbonyl (C=O) groups is 4. The summed E-state index contributed by atoms with van der Waals surface area (Å²) in [7, 11) is 0. The number of nitrogens with one attached hydrogen (secondary N) is 1. The van der Waals surface area contributed by atoms with E-state index in [9.17, 15) is 24.3 Å². The van der Waals surface area contributed by atoms with E-state index in [1.54, 1.807) is 43.3 Å². The van der Waals surface area contributed by atoms with Gasteiger partial charge in [0.1, 0.15) is 12.1 Å². The lowest BCUT2D eigenvalue weighted by molar-refractivity contribution is -0.139. The SMILES string of the molecule is CC(C)CCC(=O)Oc1ccc(C[C@H](NCC(C)OC(=O)c2ccccc2)C(=O)O)cc1OC(=O)CCC(C)C. The fourth-order valence-electron chi connectivity index (χ4n) is 3.66. The number of esters is 3. The van der Waals surface area contributed by atoms with Gasteiger partial charge in [0.15, 0.2) is 11.5 Å². The second-order valence-corrected chi connectivity index (χ2v) is 10.7. The summed E-state index contributed by atoms with van der Waals surface area (Å²) in [6.45, 7) is 9.79. The highest BCUT2D eigenvalue weighted by Crippen LogP contribution is 2.30. The number of aliphatic carboxylic acids is 1. The maximum atomic E-state index is 12.5. The van der Waals surface area contributed by atoms with Crippen molar-refractivity contribution in [3.8, 4) is 11.5 Å². The van der Waals surface area contributed by atoms with Crippen molar-refractivity contribution in [1.29, 1.82) is 0 Å². The van der Waals surface area contributed by atoms with Gasteiger partial charge in [-0.15, -0.1) is 0 Å². The van der Waals surface area contributed by atoms with E-state index in [4.69, 9.17) is 14.2 Å². The van der Waals surface area contributed by atoms with E-state index in [2.05, 4.69) is 5.32 Å². The predicted molar refractivity (Wildman–Crippen MR) is 150 cm³/mol. The van der Waals surface area contributed by atoms with E-state index >= 15 is 0 Å². The summed E-state index contributed by atoms with van der Waals surface area (Å²) in [5.74, 6) is -1.68. The van der Waals surface area contributed by atoms with Gasteiger partial charge in [-0.3, -0.25) is 14.4 Å². The van der Waals surface area contributed by atoms with Gasteiger partial charge in [-0.05, 0) is 67.9 Å². The number of carboxylic acid groups (broad SMARTS) is 1. The standard InChI is InChI=1S/C31H41NO8/c1-20(2)11-15-28(33)39-26-14-13-23(18-27(26)40-29(34)16-12-21(3)4)17-25(30(35)36)32-19-22(5)38-31(37)24-9-7-6-8-10-24/h6-10,13-14,18,20-22,25,32H,11-12,15-17,19H2,1-5H3,(H,35,36)/t22?,25-/m0/s1. The zero-order valence-electron chi connectivity index (χ0n) is 24.0. The molecule has 0 aliphatic heterocycles. The minimum absolute atomic E-state index is 0.0484. The van der Waals surface area contributed by atoms with E-state index in [0.29, 0.717) is 35.8 Å². The van der Waals surface area contributed by atoms with E-state index < -0.39 is 36.0 Å². The van der Waals surface area contributed by atoms with Crippen LogP contribution in [0.5, 0.6) is 11.5 Å². The summed E-state index contributed by atoms with van der Waals surface area (Å²) in [5.41, 5.74) is 0.965. The summed E-state index contributed by atoms with van der Waals surface area (Å²) in [6.07, 6.45) is 1.18. The molecule has 0 aromatic heterocycles. The fourth-order valence-corrected chi connectivity index (χ4v) is 3.66. The molecule has 0 amide bonds. The Kier molecular flexibility index (Phi) is 13.3. The van der Waals surface area contributed by atoms with Crippen molar-refractivity contribution in [2.24, 2.45) is 11.8 Å². The number of hydrogen-bond donors (Lipinski definition) is 2. The topological polar surface area (TPSA) is 128 Å². The van der Waals surface area contributed by atoms with Gasteiger partial charge in [0.2, 0.25) is 0 Å². The smallest absolute Gasteiger partial charge is 0.338 e. The largest absolute Gasteiger partial charge is 0.480 e. The van der Waals surface area contributed by atoms with E-state index in [1.165, 1.54) is 12.1 Å². The van der Waals surface area contributed by atoms with Crippen LogP contribution in [-0.2, 0) is 25.5 Å². The van der Waals surface area contributed by atoms with Crippen LogP contribution in [0.25, 0.3) is 0 Å². The molecule has 0 aliphatic rings. The summed E-state index contributed by atoms with van der Waals surface area (Å²) in [4.78, 5) is 49.1. The Morgan fingerprint density at radius 2 is 1.38 bits per heavy atom. The highest BCUT2D eigenvalue weighted by atomic mass is 16.6. The van der Waals surface area contributed by atoms with Gasteiger partial charge in [-0.2, -0.15) is 0 Å². The molecule has 0 spiro atoms. The number of rotatable bonds is 16. The lowest BCUT2D eigenvalue weighted by atomic mass is 10.0. The molecule has 40 heavy (non-hydrogen) atoms. The molecule has 0 bridgehead atoms. The molecule has 9 nitrogen and oxygen atoms in total. The summed E-state index contributed by atoms with van der Waals surface area (Å²) in [6, 6.07) is 12.2. The third-order valence-corrected chi connectivity index (χ3v) is 6.01. The van der Waals surface area contributed by atoms with Crippen molar-refractivity contribution in [2.75, 3.05) is 6.54 Å². The maximum Gasteiger partial charge on any atom is 0.338 e. The molecule has 0 fully saturated rings. The molecule has 2 atom stereocenters. The van der Waals surface area contributed by atoms with E-state index in [1.807, 2.05) is 27.7 Å². The van der Waals surface area contributed by atoms with Gasteiger partial charge in [-0.25, -0.2) is 4.79 Å². The number of benzene rings is 2. The molecule has 218 valence electrons. The predicted octanol–water partition coefficient (Wildman–Crippen LogP) is 5.20. The van der Waals surface area contributed by atoms with Crippen LogP contribution >= 0.6 is 0 Å². The van der Waals surface area contributed by atoms with Crippen molar-refractivity contribution in [2.45, 2.75) is 78.9 Å². The number of carboxylic acids is 1.